The van der Waals surface area contributed by atoms with Crippen molar-refractivity contribution >= 4 is 5.91 Å². The maximum absolute atomic E-state index is 11.8. The number of benzene rings is 2. The Labute approximate surface area is 106 Å². The molecule has 2 aromatic rings. The largest absolute Gasteiger partial charge is 0.379 e. The van der Waals surface area contributed by atoms with Crippen molar-refractivity contribution in [1.82, 2.24) is 5.48 Å². The summed E-state index contributed by atoms with van der Waals surface area (Å²) in [5, 5.41) is 0. The number of para-hydroxylation sites is 1. The molecule has 2 aromatic carbocycles. The molecule has 92 valence electrons. The third-order valence-electron chi connectivity index (χ3n) is 2.63. The van der Waals surface area contributed by atoms with Gasteiger partial charge in [0.05, 0.1) is 0 Å². The van der Waals surface area contributed by atoms with E-state index in [9.17, 15) is 4.79 Å². The van der Waals surface area contributed by atoms with Gasteiger partial charge in [-0.15, -0.1) is 0 Å². The molecule has 0 aliphatic rings. The SMILES string of the molecule is CCc1ccc(C(=O)NOc2ccccc2)cc1. The van der Waals surface area contributed by atoms with E-state index >= 15 is 0 Å². The highest BCUT2D eigenvalue weighted by molar-refractivity contribution is 5.93. The Hall–Kier alpha value is -2.29. The second kappa shape index (κ2) is 5.87. The Morgan fingerprint density at radius 2 is 1.72 bits per heavy atom. The summed E-state index contributed by atoms with van der Waals surface area (Å²) in [4.78, 5) is 17.0. The Kier molecular flexibility index (Phi) is 3.97. The fourth-order valence-corrected chi connectivity index (χ4v) is 1.54. The minimum atomic E-state index is -0.249. The monoisotopic (exact) mass is 241 g/mol. The van der Waals surface area contributed by atoms with Crippen LogP contribution in [-0.2, 0) is 6.42 Å². The molecule has 1 amide bonds. The molecule has 0 saturated carbocycles. The second-order valence-electron chi connectivity index (χ2n) is 3.90. The summed E-state index contributed by atoms with van der Waals surface area (Å²) in [6.07, 6.45) is 0.961. The Morgan fingerprint density at radius 3 is 2.33 bits per heavy atom. The van der Waals surface area contributed by atoms with Crippen LogP contribution in [0.15, 0.2) is 54.6 Å². The smallest absolute Gasteiger partial charge is 0.283 e. The Balaban J connectivity index is 1.95. The number of carbonyl (C=O) groups excluding carboxylic acids is 1. The van der Waals surface area contributed by atoms with Gasteiger partial charge in [0.25, 0.3) is 5.91 Å². The number of carbonyl (C=O) groups is 1. The molecular formula is C15H15NO2. The molecule has 18 heavy (non-hydrogen) atoms. The first-order valence-corrected chi connectivity index (χ1v) is 5.91. The van der Waals surface area contributed by atoms with Crippen LogP contribution >= 0.6 is 0 Å². The second-order valence-corrected chi connectivity index (χ2v) is 3.90. The number of hydrogen-bond acceptors (Lipinski definition) is 2. The van der Waals surface area contributed by atoms with E-state index in [2.05, 4.69) is 12.4 Å². The van der Waals surface area contributed by atoms with Crippen molar-refractivity contribution in [2.24, 2.45) is 0 Å². The van der Waals surface area contributed by atoms with Gasteiger partial charge in [0, 0.05) is 5.56 Å². The topological polar surface area (TPSA) is 38.3 Å². The van der Waals surface area contributed by atoms with Gasteiger partial charge >= 0.3 is 0 Å². The first kappa shape index (κ1) is 12.2. The summed E-state index contributed by atoms with van der Waals surface area (Å²) < 4.78 is 0. The Bertz CT molecular complexity index is 506. The molecule has 0 fully saturated rings. The predicted molar refractivity (Wildman–Crippen MR) is 70.4 cm³/mol. The molecule has 3 nitrogen and oxygen atoms in total. The van der Waals surface area contributed by atoms with Crippen molar-refractivity contribution < 1.29 is 9.63 Å². The van der Waals surface area contributed by atoms with Crippen molar-refractivity contribution in [3.05, 3.63) is 65.7 Å². The van der Waals surface area contributed by atoms with Crippen LogP contribution in [0.25, 0.3) is 0 Å². The highest BCUT2D eigenvalue weighted by atomic mass is 16.7. The number of aryl methyl sites for hydroxylation is 1. The van der Waals surface area contributed by atoms with Crippen LogP contribution in [0.2, 0.25) is 0 Å². The molecule has 0 radical (unpaired) electrons. The molecule has 0 bridgehead atoms. The van der Waals surface area contributed by atoms with Crippen LogP contribution in [0.3, 0.4) is 0 Å². The number of hydrogen-bond donors (Lipinski definition) is 1. The van der Waals surface area contributed by atoms with Crippen molar-refractivity contribution in [2.75, 3.05) is 0 Å². The van der Waals surface area contributed by atoms with Crippen LogP contribution in [0.5, 0.6) is 5.75 Å². The van der Waals surface area contributed by atoms with Crippen molar-refractivity contribution in [2.45, 2.75) is 13.3 Å². The fraction of sp³-hybridized carbons (Fsp3) is 0.133. The minimum absolute atomic E-state index is 0.249. The molecular weight excluding hydrogens is 226 g/mol. The number of nitrogens with one attached hydrogen (secondary N) is 1. The molecule has 0 heterocycles. The first-order valence-electron chi connectivity index (χ1n) is 5.91. The van der Waals surface area contributed by atoms with Crippen LogP contribution in [0.1, 0.15) is 22.8 Å². The van der Waals surface area contributed by atoms with Crippen LogP contribution in [0.4, 0.5) is 0 Å². The fourth-order valence-electron chi connectivity index (χ4n) is 1.54. The van der Waals surface area contributed by atoms with Gasteiger partial charge < -0.3 is 4.84 Å². The van der Waals surface area contributed by atoms with Crippen LogP contribution < -0.4 is 10.3 Å². The van der Waals surface area contributed by atoms with Crippen molar-refractivity contribution in [3.63, 3.8) is 0 Å². The lowest BCUT2D eigenvalue weighted by Gasteiger charge is -2.07. The van der Waals surface area contributed by atoms with E-state index in [1.807, 2.05) is 30.3 Å². The first-order chi connectivity index (χ1) is 8.79. The molecule has 0 unspecified atom stereocenters. The van der Waals surface area contributed by atoms with Gasteiger partial charge in [0.1, 0.15) is 0 Å². The van der Waals surface area contributed by atoms with E-state index in [1.165, 1.54) is 5.56 Å². The normalized spacial score (nSPS) is 9.83. The molecule has 0 atom stereocenters. The number of hydroxylamine groups is 1. The summed E-state index contributed by atoms with van der Waals surface area (Å²) >= 11 is 0. The van der Waals surface area contributed by atoms with Crippen LogP contribution in [-0.4, -0.2) is 5.91 Å². The summed E-state index contributed by atoms with van der Waals surface area (Å²) in [6, 6.07) is 16.6. The van der Waals surface area contributed by atoms with Gasteiger partial charge in [-0.25, -0.2) is 0 Å². The quantitative estimate of drug-likeness (QED) is 0.836. The zero-order valence-corrected chi connectivity index (χ0v) is 10.2. The van der Waals surface area contributed by atoms with Crippen molar-refractivity contribution in [3.8, 4) is 5.75 Å². The zero-order valence-electron chi connectivity index (χ0n) is 10.2. The molecule has 0 aliphatic heterocycles. The molecule has 0 aliphatic carbocycles. The molecule has 0 spiro atoms. The van der Waals surface area contributed by atoms with Gasteiger partial charge in [-0.3, -0.25) is 4.79 Å². The molecule has 1 N–H and O–H groups in total. The van der Waals surface area contributed by atoms with Crippen LogP contribution in [0, 0.1) is 0 Å². The molecule has 3 heteroatoms. The summed E-state index contributed by atoms with van der Waals surface area (Å²) in [5.41, 5.74) is 4.20. The van der Waals surface area contributed by atoms with E-state index in [1.54, 1.807) is 24.3 Å². The standard InChI is InChI=1S/C15H15NO2/c1-2-12-8-10-13(11-9-12)15(17)16-18-14-6-4-3-5-7-14/h3-11H,2H2,1H3,(H,16,17). The third-order valence-corrected chi connectivity index (χ3v) is 2.63. The average molecular weight is 241 g/mol. The predicted octanol–water partition coefficient (Wildman–Crippen LogP) is 2.97. The van der Waals surface area contributed by atoms with Gasteiger partial charge in [-0.05, 0) is 36.2 Å². The molecule has 0 saturated heterocycles. The van der Waals surface area contributed by atoms with Gasteiger partial charge in [0.15, 0.2) is 5.75 Å². The van der Waals surface area contributed by atoms with E-state index in [0.717, 1.165) is 6.42 Å². The molecule has 0 aromatic heterocycles. The molecule has 2 rings (SSSR count). The maximum Gasteiger partial charge on any atom is 0.283 e. The van der Waals surface area contributed by atoms with Crippen molar-refractivity contribution in [1.29, 1.82) is 0 Å². The summed E-state index contributed by atoms with van der Waals surface area (Å²) in [7, 11) is 0. The van der Waals surface area contributed by atoms with E-state index in [4.69, 9.17) is 4.84 Å². The van der Waals surface area contributed by atoms with Gasteiger partial charge in [0.2, 0.25) is 0 Å². The summed E-state index contributed by atoms with van der Waals surface area (Å²) in [5.74, 6) is 0.359. The average Bonchev–Trinajstić information content (AvgIpc) is 2.46. The zero-order chi connectivity index (χ0) is 12.8. The van der Waals surface area contributed by atoms with Gasteiger partial charge in [-0.1, -0.05) is 37.3 Å². The van der Waals surface area contributed by atoms with E-state index in [0.29, 0.717) is 11.3 Å². The maximum atomic E-state index is 11.8. The summed E-state index contributed by atoms with van der Waals surface area (Å²) in [6.45, 7) is 2.08. The Morgan fingerprint density at radius 1 is 1.06 bits per heavy atom. The minimum Gasteiger partial charge on any atom is -0.379 e. The lowest BCUT2D eigenvalue weighted by Crippen LogP contribution is -2.26. The number of amides is 1. The highest BCUT2D eigenvalue weighted by Crippen LogP contribution is 2.08. The number of rotatable bonds is 4. The highest BCUT2D eigenvalue weighted by Gasteiger charge is 2.05. The van der Waals surface area contributed by atoms with Gasteiger partial charge in [-0.2, -0.15) is 5.48 Å². The third kappa shape index (κ3) is 3.10. The van der Waals surface area contributed by atoms with E-state index in [-0.39, 0.29) is 5.91 Å². The lowest BCUT2D eigenvalue weighted by molar-refractivity contribution is 0.0760. The van der Waals surface area contributed by atoms with E-state index < -0.39 is 0 Å². The lowest BCUT2D eigenvalue weighted by atomic mass is 10.1.